The summed E-state index contributed by atoms with van der Waals surface area (Å²) in [6.07, 6.45) is 0. The van der Waals surface area contributed by atoms with Crippen LogP contribution in [0.1, 0.15) is 5.56 Å². The lowest BCUT2D eigenvalue weighted by Gasteiger charge is -1.98. The van der Waals surface area contributed by atoms with Gasteiger partial charge in [0.15, 0.2) is 0 Å². The number of halogens is 1. The molecule has 0 fully saturated rings. The zero-order chi connectivity index (χ0) is 12.7. The van der Waals surface area contributed by atoms with Crippen molar-refractivity contribution in [1.82, 2.24) is 4.98 Å². The number of nitrogen functional groups attached to an aromatic ring is 1. The Kier molecular flexibility index (Phi) is 2.33. The summed E-state index contributed by atoms with van der Waals surface area (Å²) in [4.78, 5) is 3.26. The molecule has 1 heterocycles. The standard InChI is InChI=1S/C15H13FN2/c1-9-5-11-7-14(18-15(11)8-13(9)17)10-3-2-4-12(16)6-10/h2-8,18H,17H2,1H3. The highest BCUT2D eigenvalue weighted by Gasteiger charge is 2.05. The number of benzene rings is 2. The molecule has 0 bridgehead atoms. The Balaban J connectivity index is 2.19. The first-order valence-electron chi connectivity index (χ1n) is 5.78. The molecule has 0 atom stereocenters. The van der Waals surface area contributed by atoms with Crippen LogP contribution >= 0.6 is 0 Å². The number of aromatic amines is 1. The summed E-state index contributed by atoms with van der Waals surface area (Å²) in [6, 6.07) is 12.5. The molecule has 2 nitrogen and oxygen atoms in total. The van der Waals surface area contributed by atoms with Crippen LogP contribution in [-0.2, 0) is 0 Å². The van der Waals surface area contributed by atoms with E-state index in [0.29, 0.717) is 0 Å². The van der Waals surface area contributed by atoms with Crippen LogP contribution < -0.4 is 5.73 Å². The minimum atomic E-state index is -0.234. The third-order valence-electron chi connectivity index (χ3n) is 3.14. The molecule has 3 aromatic rings. The molecule has 0 aliphatic heterocycles. The lowest BCUT2D eigenvalue weighted by atomic mass is 10.1. The number of rotatable bonds is 1. The summed E-state index contributed by atoms with van der Waals surface area (Å²) < 4.78 is 13.2. The van der Waals surface area contributed by atoms with Gasteiger partial charge in [-0.2, -0.15) is 0 Å². The van der Waals surface area contributed by atoms with Crippen molar-refractivity contribution in [1.29, 1.82) is 0 Å². The van der Waals surface area contributed by atoms with Crippen molar-refractivity contribution in [2.24, 2.45) is 0 Å². The maximum Gasteiger partial charge on any atom is 0.123 e. The van der Waals surface area contributed by atoms with Gasteiger partial charge in [0.25, 0.3) is 0 Å². The molecule has 3 rings (SSSR count). The van der Waals surface area contributed by atoms with Crippen LogP contribution in [0.3, 0.4) is 0 Å². The highest BCUT2D eigenvalue weighted by atomic mass is 19.1. The van der Waals surface area contributed by atoms with E-state index in [2.05, 4.69) is 4.98 Å². The van der Waals surface area contributed by atoms with Crippen LogP contribution in [0.25, 0.3) is 22.2 Å². The second-order valence-electron chi connectivity index (χ2n) is 4.49. The minimum Gasteiger partial charge on any atom is -0.398 e. The molecule has 0 amide bonds. The van der Waals surface area contributed by atoms with E-state index in [-0.39, 0.29) is 5.82 Å². The molecule has 1 aromatic heterocycles. The molecule has 0 radical (unpaired) electrons. The van der Waals surface area contributed by atoms with Crippen LogP contribution in [0.15, 0.2) is 42.5 Å². The predicted octanol–water partition coefficient (Wildman–Crippen LogP) is 3.86. The van der Waals surface area contributed by atoms with E-state index < -0.39 is 0 Å². The number of nitrogens with two attached hydrogens (primary N) is 1. The summed E-state index contributed by atoms with van der Waals surface area (Å²) >= 11 is 0. The van der Waals surface area contributed by atoms with Gasteiger partial charge in [0.05, 0.1) is 0 Å². The van der Waals surface area contributed by atoms with Crippen molar-refractivity contribution < 1.29 is 4.39 Å². The van der Waals surface area contributed by atoms with Gasteiger partial charge in [0.1, 0.15) is 5.82 Å². The molecule has 90 valence electrons. The highest BCUT2D eigenvalue weighted by Crippen LogP contribution is 2.27. The molecular weight excluding hydrogens is 227 g/mol. The van der Waals surface area contributed by atoms with Gasteiger partial charge >= 0.3 is 0 Å². The normalized spacial score (nSPS) is 11.0. The molecule has 0 saturated heterocycles. The fourth-order valence-electron chi connectivity index (χ4n) is 2.12. The van der Waals surface area contributed by atoms with Gasteiger partial charge in [0, 0.05) is 27.8 Å². The number of hydrogen-bond donors (Lipinski definition) is 2. The topological polar surface area (TPSA) is 41.8 Å². The third kappa shape index (κ3) is 1.74. The van der Waals surface area contributed by atoms with E-state index in [0.717, 1.165) is 33.4 Å². The Hall–Kier alpha value is -2.29. The van der Waals surface area contributed by atoms with E-state index in [1.807, 2.05) is 31.2 Å². The SMILES string of the molecule is Cc1cc2cc(-c3cccc(F)c3)[nH]c2cc1N. The zero-order valence-corrected chi connectivity index (χ0v) is 10.00. The Labute approximate surface area is 104 Å². The molecule has 3 N–H and O–H groups in total. The van der Waals surface area contributed by atoms with E-state index in [4.69, 9.17) is 5.73 Å². The Morgan fingerprint density at radius 1 is 1.11 bits per heavy atom. The lowest BCUT2D eigenvalue weighted by Crippen LogP contribution is -1.88. The van der Waals surface area contributed by atoms with E-state index in [1.54, 1.807) is 6.07 Å². The summed E-state index contributed by atoms with van der Waals surface area (Å²) in [5, 5.41) is 1.08. The minimum absolute atomic E-state index is 0.234. The van der Waals surface area contributed by atoms with E-state index in [9.17, 15) is 4.39 Å². The number of nitrogens with one attached hydrogen (secondary N) is 1. The van der Waals surface area contributed by atoms with Gasteiger partial charge in [-0.15, -0.1) is 0 Å². The molecule has 0 unspecified atom stereocenters. The Bertz CT molecular complexity index is 689. The monoisotopic (exact) mass is 240 g/mol. The van der Waals surface area contributed by atoms with Crippen molar-refractivity contribution in [2.75, 3.05) is 5.73 Å². The summed E-state index contributed by atoms with van der Waals surface area (Å²) in [7, 11) is 0. The molecule has 2 aromatic carbocycles. The van der Waals surface area contributed by atoms with Crippen molar-refractivity contribution >= 4 is 16.6 Å². The second kappa shape index (κ2) is 3.88. The number of fused-ring (bicyclic) bond motifs is 1. The van der Waals surface area contributed by atoms with E-state index in [1.165, 1.54) is 12.1 Å². The van der Waals surface area contributed by atoms with Crippen LogP contribution in [0, 0.1) is 12.7 Å². The number of hydrogen-bond acceptors (Lipinski definition) is 1. The smallest absolute Gasteiger partial charge is 0.123 e. The predicted molar refractivity (Wildman–Crippen MR) is 72.8 cm³/mol. The van der Waals surface area contributed by atoms with E-state index >= 15 is 0 Å². The van der Waals surface area contributed by atoms with Crippen LogP contribution in [0.5, 0.6) is 0 Å². The molecule has 3 heteroatoms. The van der Waals surface area contributed by atoms with Gasteiger partial charge < -0.3 is 10.7 Å². The molecule has 0 saturated carbocycles. The summed E-state index contributed by atoms with van der Waals surface area (Å²) in [5.74, 6) is -0.234. The van der Waals surface area contributed by atoms with Crippen molar-refractivity contribution in [3.63, 3.8) is 0 Å². The molecule has 0 aliphatic rings. The Morgan fingerprint density at radius 3 is 2.72 bits per heavy atom. The van der Waals surface area contributed by atoms with Gasteiger partial charge in [-0.1, -0.05) is 12.1 Å². The van der Waals surface area contributed by atoms with Crippen LogP contribution in [0.4, 0.5) is 10.1 Å². The average Bonchev–Trinajstić information content (AvgIpc) is 2.73. The van der Waals surface area contributed by atoms with Gasteiger partial charge in [-0.05, 0) is 42.8 Å². The molecule has 18 heavy (non-hydrogen) atoms. The number of H-pyrrole nitrogens is 1. The molecule has 0 spiro atoms. The molecular formula is C15H13FN2. The second-order valence-corrected chi connectivity index (χ2v) is 4.49. The first-order chi connectivity index (χ1) is 8.63. The van der Waals surface area contributed by atoms with Gasteiger partial charge in [-0.3, -0.25) is 0 Å². The van der Waals surface area contributed by atoms with Gasteiger partial charge in [0.2, 0.25) is 0 Å². The van der Waals surface area contributed by atoms with Crippen molar-refractivity contribution in [3.8, 4) is 11.3 Å². The van der Waals surface area contributed by atoms with Crippen molar-refractivity contribution in [2.45, 2.75) is 6.92 Å². The average molecular weight is 240 g/mol. The first kappa shape index (κ1) is 10.8. The highest BCUT2D eigenvalue weighted by molar-refractivity contribution is 5.89. The fraction of sp³-hybridized carbons (Fsp3) is 0.0667. The zero-order valence-electron chi connectivity index (χ0n) is 10.00. The van der Waals surface area contributed by atoms with Crippen molar-refractivity contribution in [3.05, 3.63) is 53.8 Å². The number of aryl methyl sites for hydroxylation is 1. The first-order valence-corrected chi connectivity index (χ1v) is 5.78. The Morgan fingerprint density at radius 2 is 1.94 bits per heavy atom. The largest absolute Gasteiger partial charge is 0.398 e. The fourth-order valence-corrected chi connectivity index (χ4v) is 2.12. The molecule has 0 aliphatic carbocycles. The van der Waals surface area contributed by atoms with Crippen LogP contribution in [0.2, 0.25) is 0 Å². The van der Waals surface area contributed by atoms with Gasteiger partial charge in [-0.25, -0.2) is 4.39 Å². The quantitative estimate of drug-likeness (QED) is 0.623. The summed E-state index contributed by atoms with van der Waals surface area (Å²) in [5.41, 5.74) is 10.4. The summed E-state index contributed by atoms with van der Waals surface area (Å²) in [6.45, 7) is 1.98. The number of aromatic nitrogens is 1. The number of anilines is 1. The third-order valence-corrected chi connectivity index (χ3v) is 3.14. The maximum atomic E-state index is 13.2. The lowest BCUT2D eigenvalue weighted by molar-refractivity contribution is 0.628. The van der Waals surface area contributed by atoms with Crippen LogP contribution in [-0.4, -0.2) is 4.98 Å². The maximum absolute atomic E-state index is 13.2.